The lowest BCUT2D eigenvalue weighted by molar-refractivity contribution is 0.0818. The van der Waals surface area contributed by atoms with E-state index in [2.05, 4.69) is 4.72 Å². The first-order valence-electron chi connectivity index (χ1n) is 6.46. The fourth-order valence-electron chi connectivity index (χ4n) is 1.68. The standard InChI is InChI=1S/C13H19F2NO4S/c1-10(16-21(18,19)7-3-6-17)11-4-2-5-12(8-11)20-9-13(14)15/h2,4-5,8,10,13,16-17H,3,6-7,9H2,1H3/t10-/m1/s1. The van der Waals surface area contributed by atoms with E-state index < -0.39 is 29.1 Å². The number of benzene rings is 1. The van der Waals surface area contributed by atoms with Crippen molar-refractivity contribution in [2.45, 2.75) is 25.8 Å². The Bertz CT molecular complexity index is 537. The molecule has 0 aliphatic rings. The predicted molar refractivity (Wildman–Crippen MR) is 75.0 cm³/mol. The number of aliphatic hydroxyl groups excluding tert-OH is 1. The molecule has 5 nitrogen and oxygen atoms in total. The van der Waals surface area contributed by atoms with Crippen LogP contribution in [0.4, 0.5) is 8.78 Å². The van der Waals surface area contributed by atoms with Crippen LogP contribution < -0.4 is 9.46 Å². The Morgan fingerprint density at radius 3 is 2.71 bits per heavy atom. The van der Waals surface area contributed by atoms with Crippen molar-refractivity contribution >= 4 is 10.0 Å². The number of alkyl halides is 2. The van der Waals surface area contributed by atoms with Gasteiger partial charge in [-0.1, -0.05) is 12.1 Å². The topological polar surface area (TPSA) is 75.6 Å². The van der Waals surface area contributed by atoms with E-state index >= 15 is 0 Å². The largest absolute Gasteiger partial charge is 0.488 e. The minimum Gasteiger partial charge on any atom is -0.488 e. The zero-order valence-electron chi connectivity index (χ0n) is 11.6. The van der Waals surface area contributed by atoms with Gasteiger partial charge in [-0.25, -0.2) is 21.9 Å². The Morgan fingerprint density at radius 2 is 2.10 bits per heavy atom. The summed E-state index contributed by atoms with van der Waals surface area (Å²) in [6.07, 6.45) is -2.41. The van der Waals surface area contributed by atoms with Crippen molar-refractivity contribution in [2.75, 3.05) is 19.0 Å². The van der Waals surface area contributed by atoms with E-state index in [4.69, 9.17) is 9.84 Å². The molecule has 0 saturated carbocycles. The van der Waals surface area contributed by atoms with E-state index in [0.717, 1.165) is 0 Å². The lowest BCUT2D eigenvalue weighted by Crippen LogP contribution is -2.29. The Morgan fingerprint density at radius 1 is 1.38 bits per heavy atom. The van der Waals surface area contributed by atoms with Gasteiger partial charge in [0.2, 0.25) is 10.0 Å². The molecule has 0 saturated heterocycles. The monoisotopic (exact) mass is 323 g/mol. The smallest absolute Gasteiger partial charge is 0.272 e. The van der Waals surface area contributed by atoms with Crippen molar-refractivity contribution in [1.82, 2.24) is 4.72 Å². The quantitative estimate of drug-likeness (QED) is 0.725. The molecule has 1 aromatic carbocycles. The van der Waals surface area contributed by atoms with Gasteiger partial charge in [-0.2, -0.15) is 0 Å². The van der Waals surface area contributed by atoms with Crippen LogP contribution in [-0.4, -0.2) is 38.9 Å². The summed E-state index contributed by atoms with van der Waals surface area (Å²) >= 11 is 0. The van der Waals surface area contributed by atoms with Crippen LogP contribution in [0.1, 0.15) is 24.9 Å². The third kappa shape index (κ3) is 6.83. The highest BCUT2D eigenvalue weighted by atomic mass is 32.2. The zero-order chi connectivity index (χ0) is 15.9. The Kier molecular flexibility index (Phi) is 7.00. The first-order chi connectivity index (χ1) is 9.84. The van der Waals surface area contributed by atoms with Crippen LogP contribution in [0.25, 0.3) is 0 Å². The second-order valence-corrected chi connectivity index (χ2v) is 6.38. The number of nitrogens with one attached hydrogen (secondary N) is 1. The fraction of sp³-hybridized carbons (Fsp3) is 0.538. The van der Waals surface area contributed by atoms with Gasteiger partial charge < -0.3 is 9.84 Å². The van der Waals surface area contributed by atoms with Crippen molar-refractivity contribution in [3.8, 4) is 5.75 Å². The molecule has 0 aliphatic heterocycles. The molecular formula is C13H19F2NO4S. The molecule has 1 atom stereocenters. The highest BCUT2D eigenvalue weighted by Gasteiger charge is 2.16. The van der Waals surface area contributed by atoms with Gasteiger partial charge in [-0.3, -0.25) is 0 Å². The maximum absolute atomic E-state index is 12.1. The van der Waals surface area contributed by atoms with Crippen LogP contribution in [0, 0.1) is 0 Å². The van der Waals surface area contributed by atoms with Gasteiger partial charge in [-0.15, -0.1) is 0 Å². The average molecular weight is 323 g/mol. The van der Waals surface area contributed by atoms with E-state index in [1.165, 1.54) is 12.1 Å². The van der Waals surface area contributed by atoms with Gasteiger partial charge in [-0.05, 0) is 31.0 Å². The molecule has 0 amide bonds. The molecule has 0 aliphatic carbocycles. The van der Waals surface area contributed by atoms with Gasteiger partial charge in [0.05, 0.1) is 5.75 Å². The van der Waals surface area contributed by atoms with Crippen LogP contribution >= 0.6 is 0 Å². The summed E-state index contributed by atoms with van der Waals surface area (Å²) in [6.45, 7) is 0.731. The molecule has 0 unspecified atom stereocenters. The van der Waals surface area contributed by atoms with Gasteiger partial charge >= 0.3 is 0 Å². The summed E-state index contributed by atoms with van der Waals surface area (Å²) in [6, 6.07) is 5.80. The van der Waals surface area contributed by atoms with Gasteiger partial charge in [0, 0.05) is 12.6 Å². The number of sulfonamides is 1. The molecule has 21 heavy (non-hydrogen) atoms. The normalized spacial score (nSPS) is 13.4. The molecule has 0 fully saturated rings. The van der Waals surface area contributed by atoms with Gasteiger partial charge in [0.1, 0.15) is 12.4 Å². The molecule has 0 heterocycles. The van der Waals surface area contributed by atoms with Crippen LogP contribution in [0.3, 0.4) is 0 Å². The first-order valence-corrected chi connectivity index (χ1v) is 8.11. The molecule has 120 valence electrons. The highest BCUT2D eigenvalue weighted by molar-refractivity contribution is 7.89. The summed E-state index contributed by atoms with van der Waals surface area (Å²) in [4.78, 5) is 0. The molecule has 8 heteroatoms. The summed E-state index contributed by atoms with van der Waals surface area (Å²) in [7, 11) is -3.50. The molecule has 1 rings (SSSR count). The highest BCUT2D eigenvalue weighted by Crippen LogP contribution is 2.20. The summed E-state index contributed by atoms with van der Waals surface area (Å²) in [5.74, 6) is 0.0873. The fourth-order valence-corrected chi connectivity index (χ4v) is 2.99. The second-order valence-electron chi connectivity index (χ2n) is 4.51. The average Bonchev–Trinajstić information content (AvgIpc) is 2.43. The van der Waals surface area contributed by atoms with Crippen molar-refractivity contribution < 1.29 is 27.0 Å². The Hall–Kier alpha value is -1.25. The van der Waals surface area contributed by atoms with E-state index in [1.807, 2.05) is 0 Å². The lowest BCUT2D eigenvalue weighted by Gasteiger charge is -2.15. The van der Waals surface area contributed by atoms with Gasteiger partial charge in [0.25, 0.3) is 6.43 Å². The minimum atomic E-state index is -3.50. The van der Waals surface area contributed by atoms with E-state index in [0.29, 0.717) is 5.56 Å². The zero-order valence-corrected chi connectivity index (χ0v) is 12.4. The molecular weight excluding hydrogens is 304 g/mol. The molecule has 0 aromatic heterocycles. The number of hydrogen-bond donors (Lipinski definition) is 2. The third-order valence-electron chi connectivity index (χ3n) is 2.66. The maximum atomic E-state index is 12.1. The lowest BCUT2D eigenvalue weighted by atomic mass is 10.1. The predicted octanol–water partition coefficient (Wildman–Crippen LogP) is 1.69. The third-order valence-corrected chi connectivity index (χ3v) is 4.20. The van der Waals surface area contributed by atoms with Crippen LogP contribution in [0.2, 0.25) is 0 Å². The summed E-state index contributed by atoms with van der Waals surface area (Å²) in [5, 5.41) is 8.65. The first kappa shape index (κ1) is 17.8. The van der Waals surface area contributed by atoms with Crippen molar-refractivity contribution in [2.24, 2.45) is 0 Å². The Labute approximate surface area is 123 Å². The summed E-state index contributed by atoms with van der Waals surface area (Å²) < 4.78 is 55.0. The van der Waals surface area contributed by atoms with E-state index in [1.54, 1.807) is 19.1 Å². The minimum absolute atomic E-state index is 0.152. The van der Waals surface area contributed by atoms with Gasteiger partial charge in [0.15, 0.2) is 0 Å². The number of ether oxygens (including phenoxy) is 1. The number of halogens is 2. The van der Waals surface area contributed by atoms with Crippen molar-refractivity contribution in [1.29, 1.82) is 0 Å². The van der Waals surface area contributed by atoms with Crippen molar-refractivity contribution in [3.63, 3.8) is 0 Å². The van der Waals surface area contributed by atoms with Crippen LogP contribution in [0.5, 0.6) is 5.75 Å². The summed E-state index contributed by atoms with van der Waals surface area (Å²) in [5.41, 5.74) is 0.606. The molecule has 1 aromatic rings. The number of rotatable bonds is 9. The maximum Gasteiger partial charge on any atom is 0.272 e. The van der Waals surface area contributed by atoms with Crippen molar-refractivity contribution in [3.05, 3.63) is 29.8 Å². The molecule has 2 N–H and O–H groups in total. The second kappa shape index (κ2) is 8.26. The van der Waals surface area contributed by atoms with Crippen LogP contribution in [-0.2, 0) is 10.0 Å². The van der Waals surface area contributed by atoms with E-state index in [-0.39, 0.29) is 24.5 Å². The number of aliphatic hydroxyl groups is 1. The molecule has 0 bridgehead atoms. The van der Waals surface area contributed by atoms with E-state index in [9.17, 15) is 17.2 Å². The SMILES string of the molecule is C[C@@H](NS(=O)(=O)CCCO)c1cccc(OCC(F)F)c1. The molecule has 0 radical (unpaired) electrons. The Balaban J connectivity index is 2.69. The number of hydrogen-bond acceptors (Lipinski definition) is 4. The van der Waals surface area contributed by atoms with Crippen LogP contribution in [0.15, 0.2) is 24.3 Å². The molecule has 0 spiro atoms.